The second-order valence-corrected chi connectivity index (χ2v) is 7.87. The van der Waals surface area contributed by atoms with E-state index < -0.39 is 16.0 Å². The minimum atomic E-state index is -3.78. The lowest BCUT2D eigenvalue weighted by Gasteiger charge is -2.20. The van der Waals surface area contributed by atoms with E-state index in [1.165, 1.54) is 0 Å². The number of nitrogens with one attached hydrogen (secondary N) is 1. The molecule has 0 aliphatic heterocycles. The van der Waals surface area contributed by atoms with E-state index in [1.807, 2.05) is 6.92 Å². The largest absolute Gasteiger partial charge is 0.477 e. The first-order chi connectivity index (χ1) is 9.33. The summed E-state index contributed by atoms with van der Waals surface area (Å²) in [6.45, 7) is 3.48. The highest BCUT2D eigenvalue weighted by Gasteiger charge is 2.31. The van der Waals surface area contributed by atoms with Crippen molar-refractivity contribution in [3.05, 3.63) is 15.8 Å². The number of rotatable bonds is 5. The van der Waals surface area contributed by atoms with Gasteiger partial charge in [-0.15, -0.1) is 11.3 Å². The molecule has 0 amide bonds. The molecule has 0 radical (unpaired) electrons. The minimum Gasteiger partial charge on any atom is -0.477 e. The summed E-state index contributed by atoms with van der Waals surface area (Å²) in [5.74, 6) is -0.853. The minimum absolute atomic E-state index is 0.0835. The average molecular weight is 317 g/mol. The van der Waals surface area contributed by atoms with E-state index in [1.54, 1.807) is 12.3 Å². The summed E-state index contributed by atoms with van der Waals surface area (Å²) in [5, 5.41) is 10.7. The monoisotopic (exact) mass is 317 g/mol. The molecule has 0 bridgehead atoms. The molecule has 0 unspecified atom stereocenters. The molecular formula is C13H19NO4S2. The molecule has 1 saturated carbocycles. The molecule has 1 aliphatic rings. The Bertz CT molecular complexity index is 600. The Hall–Kier alpha value is -0.920. The SMILES string of the molecule is Cc1csc(C(=O)O)c1S(=O)(=O)N[C@H](C)C1CCCC1. The van der Waals surface area contributed by atoms with Crippen LogP contribution in [-0.4, -0.2) is 25.5 Å². The molecule has 1 aliphatic carbocycles. The first kappa shape index (κ1) is 15.5. The summed E-state index contributed by atoms with van der Waals surface area (Å²) < 4.78 is 27.5. The van der Waals surface area contributed by atoms with Crippen LogP contribution in [0.4, 0.5) is 0 Å². The molecule has 1 aromatic heterocycles. The number of aryl methyl sites for hydroxylation is 1. The lowest BCUT2D eigenvalue weighted by Crippen LogP contribution is -2.37. The number of hydrogen-bond acceptors (Lipinski definition) is 4. The Morgan fingerprint density at radius 2 is 2.05 bits per heavy atom. The Morgan fingerprint density at radius 3 is 2.60 bits per heavy atom. The fraction of sp³-hybridized carbons (Fsp3) is 0.615. The van der Waals surface area contributed by atoms with Crippen molar-refractivity contribution >= 4 is 27.3 Å². The number of sulfonamides is 1. The molecule has 5 nitrogen and oxygen atoms in total. The van der Waals surface area contributed by atoms with E-state index in [0.29, 0.717) is 11.5 Å². The summed E-state index contributed by atoms with van der Waals surface area (Å²) in [4.78, 5) is 10.9. The van der Waals surface area contributed by atoms with Gasteiger partial charge in [-0.1, -0.05) is 12.8 Å². The zero-order valence-corrected chi connectivity index (χ0v) is 13.2. The van der Waals surface area contributed by atoms with Crippen LogP contribution in [-0.2, 0) is 10.0 Å². The smallest absolute Gasteiger partial charge is 0.347 e. The van der Waals surface area contributed by atoms with Crippen molar-refractivity contribution in [2.24, 2.45) is 5.92 Å². The summed E-state index contributed by atoms with van der Waals surface area (Å²) in [6, 6.07) is -0.163. The fourth-order valence-electron chi connectivity index (χ4n) is 2.77. The molecular weight excluding hydrogens is 298 g/mol. The molecule has 2 N–H and O–H groups in total. The summed E-state index contributed by atoms with van der Waals surface area (Å²) in [6.07, 6.45) is 4.32. The lowest BCUT2D eigenvalue weighted by atomic mass is 10.0. The molecule has 112 valence electrons. The molecule has 1 heterocycles. The van der Waals surface area contributed by atoms with Crippen LogP contribution < -0.4 is 4.72 Å². The van der Waals surface area contributed by atoms with E-state index in [2.05, 4.69) is 4.72 Å². The zero-order chi connectivity index (χ0) is 14.9. The summed E-state index contributed by atoms with van der Waals surface area (Å²) >= 11 is 0.952. The highest BCUT2D eigenvalue weighted by Crippen LogP contribution is 2.30. The van der Waals surface area contributed by atoms with Gasteiger partial charge < -0.3 is 5.11 Å². The number of carbonyl (C=O) groups is 1. The standard InChI is InChI=1S/C13H19NO4S2/c1-8-7-19-11(13(15)16)12(8)20(17,18)14-9(2)10-5-3-4-6-10/h7,9-10,14H,3-6H2,1-2H3,(H,15,16)/t9-/m1/s1. The van der Waals surface area contributed by atoms with Crippen LogP contribution in [0.3, 0.4) is 0 Å². The van der Waals surface area contributed by atoms with E-state index in [4.69, 9.17) is 5.11 Å². The Labute approximate surface area is 123 Å². The van der Waals surface area contributed by atoms with Gasteiger partial charge >= 0.3 is 5.97 Å². The molecule has 0 spiro atoms. The number of thiophene rings is 1. The van der Waals surface area contributed by atoms with Gasteiger partial charge in [0.2, 0.25) is 10.0 Å². The Kier molecular flexibility index (Phi) is 4.51. The molecule has 2 rings (SSSR count). The topological polar surface area (TPSA) is 83.5 Å². The Balaban J connectivity index is 2.26. The average Bonchev–Trinajstić information content (AvgIpc) is 2.96. The van der Waals surface area contributed by atoms with Crippen molar-refractivity contribution in [3.63, 3.8) is 0 Å². The van der Waals surface area contributed by atoms with Crippen LogP contribution in [0.15, 0.2) is 10.3 Å². The van der Waals surface area contributed by atoms with Crippen LogP contribution in [0, 0.1) is 12.8 Å². The van der Waals surface area contributed by atoms with Crippen molar-refractivity contribution in [3.8, 4) is 0 Å². The first-order valence-corrected chi connectivity index (χ1v) is 9.03. The maximum atomic E-state index is 12.4. The Morgan fingerprint density at radius 1 is 1.45 bits per heavy atom. The van der Waals surface area contributed by atoms with Crippen molar-refractivity contribution in [1.29, 1.82) is 0 Å². The van der Waals surface area contributed by atoms with Gasteiger partial charge in [0.05, 0.1) is 0 Å². The van der Waals surface area contributed by atoms with Crippen molar-refractivity contribution in [1.82, 2.24) is 4.72 Å². The van der Waals surface area contributed by atoms with Gasteiger partial charge in [0, 0.05) is 6.04 Å². The number of aromatic carboxylic acids is 1. The predicted molar refractivity (Wildman–Crippen MR) is 77.8 cm³/mol. The number of carboxylic acid groups (broad SMARTS) is 1. The summed E-state index contributed by atoms with van der Waals surface area (Å²) in [5.41, 5.74) is 0.485. The van der Waals surface area contributed by atoms with Gasteiger partial charge in [0.25, 0.3) is 0 Å². The van der Waals surface area contributed by atoms with Crippen LogP contribution in [0.25, 0.3) is 0 Å². The van der Waals surface area contributed by atoms with Crippen LogP contribution in [0.2, 0.25) is 0 Å². The lowest BCUT2D eigenvalue weighted by molar-refractivity contribution is 0.0698. The molecule has 7 heteroatoms. The van der Waals surface area contributed by atoms with Gasteiger partial charge in [0.15, 0.2) is 0 Å². The zero-order valence-electron chi connectivity index (χ0n) is 11.5. The van der Waals surface area contributed by atoms with Crippen molar-refractivity contribution in [2.75, 3.05) is 0 Å². The number of carboxylic acids is 1. The van der Waals surface area contributed by atoms with E-state index in [9.17, 15) is 13.2 Å². The molecule has 1 fully saturated rings. The highest BCUT2D eigenvalue weighted by atomic mass is 32.2. The van der Waals surface area contributed by atoms with Gasteiger partial charge in [-0.05, 0) is 43.6 Å². The third-order valence-corrected chi connectivity index (χ3v) is 6.79. The van der Waals surface area contributed by atoms with E-state index >= 15 is 0 Å². The number of hydrogen-bond donors (Lipinski definition) is 2. The molecule has 20 heavy (non-hydrogen) atoms. The third-order valence-electron chi connectivity index (χ3n) is 3.83. The van der Waals surface area contributed by atoms with Gasteiger partial charge in [-0.3, -0.25) is 0 Å². The second kappa shape index (κ2) is 5.83. The summed E-state index contributed by atoms with van der Waals surface area (Å²) in [7, 11) is -3.78. The van der Waals surface area contributed by atoms with Gasteiger partial charge in [-0.25, -0.2) is 17.9 Å². The quantitative estimate of drug-likeness (QED) is 0.874. The maximum Gasteiger partial charge on any atom is 0.347 e. The second-order valence-electron chi connectivity index (χ2n) is 5.34. The van der Waals surface area contributed by atoms with Crippen LogP contribution in [0.1, 0.15) is 47.8 Å². The van der Waals surface area contributed by atoms with E-state index in [-0.39, 0.29) is 15.8 Å². The fourth-order valence-corrected chi connectivity index (χ4v) is 5.72. The molecule has 0 saturated heterocycles. The first-order valence-electron chi connectivity index (χ1n) is 6.66. The molecule has 0 aromatic carbocycles. The van der Waals surface area contributed by atoms with Crippen LogP contribution in [0.5, 0.6) is 0 Å². The molecule has 1 atom stereocenters. The maximum absolute atomic E-state index is 12.4. The molecule has 1 aromatic rings. The third kappa shape index (κ3) is 3.05. The van der Waals surface area contributed by atoms with Crippen molar-refractivity contribution in [2.45, 2.75) is 50.5 Å². The predicted octanol–water partition coefficient (Wildman–Crippen LogP) is 2.61. The highest BCUT2D eigenvalue weighted by molar-refractivity contribution is 7.89. The van der Waals surface area contributed by atoms with Crippen LogP contribution >= 0.6 is 11.3 Å². The van der Waals surface area contributed by atoms with Gasteiger partial charge in [-0.2, -0.15) is 0 Å². The normalized spacial score (nSPS) is 18.3. The van der Waals surface area contributed by atoms with E-state index in [0.717, 1.165) is 37.0 Å². The van der Waals surface area contributed by atoms with Crippen molar-refractivity contribution < 1.29 is 18.3 Å². The van der Waals surface area contributed by atoms with Gasteiger partial charge in [0.1, 0.15) is 9.77 Å².